The third-order valence-electron chi connectivity index (χ3n) is 4.52. The number of likely N-dealkylation sites (N-methyl/N-ethyl adjacent to an activating group) is 1. The van der Waals surface area contributed by atoms with E-state index in [1.54, 1.807) is 0 Å². The second-order valence-electron chi connectivity index (χ2n) is 6.74. The third kappa shape index (κ3) is 9.47. The summed E-state index contributed by atoms with van der Waals surface area (Å²) in [7, 11) is 1.86. The average Bonchev–Trinajstić information content (AvgIpc) is 3.05. The van der Waals surface area contributed by atoms with Crippen molar-refractivity contribution in [2.45, 2.75) is 51.1 Å². The molecule has 0 aliphatic carbocycles. The molecule has 0 radical (unpaired) electrons. The van der Waals surface area contributed by atoms with Crippen LogP contribution in [0.3, 0.4) is 0 Å². The standard InChI is InChI=1S/C18H36N4O4/c1-15-6-5-10-22(15)18(24)16(19)7-3-4-8-21-17(23)14-26-13-12-25-11-9-20-2/h15-16,20H,3-14,19H2,1-2H3,(H,21,23)/t15-,16+/m1/s1. The number of nitrogens with zero attached hydrogens (tertiary/aromatic N) is 1. The average molecular weight is 373 g/mol. The molecule has 1 aliphatic heterocycles. The minimum atomic E-state index is -0.433. The van der Waals surface area contributed by atoms with E-state index in [9.17, 15) is 9.59 Å². The van der Waals surface area contributed by atoms with Crippen LogP contribution < -0.4 is 16.4 Å². The predicted molar refractivity (Wildman–Crippen MR) is 101 cm³/mol. The fourth-order valence-electron chi connectivity index (χ4n) is 2.92. The van der Waals surface area contributed by atoms with Crippen molar-refractivity contribution in [2.24, 2.45) is 5.73 Å². The van der Waals surface area contributed by atoms with Crippen LogP contribution in [0.5, 0.6) is 0 Å². The Morgan fingerprint density at radius 3 is 2.65 bits per heavy atom. The zero-order valence-electron chi connectivity index (χ0n) is 16.3. The summed E-state index contributed by atoms with van der Waals surface area (Å²) in [5.41, 5.74) is 6.01. The number of nitrogens with one attached hydrogen (secondary N) is 2. The minimum absolute atomic E-state index is 0.0419. The van der Waals surface area contributed by atoms with Crippen LogP contribution in [0.15, 0.2) is 0 Å². The van der Waals surface area contributed by atoms with Gasteiger partial charge >= 0.3 is 0 Å². The first-order chi connectivity index (χ1) is 12.6. The number of carbonyl (C=O) groups excluding carboxylic acids is 2. The predicted octanol–water partition coefficient (Wildman–Crippen LogP) is -0.136. The van der Waals surface area contributed by atoms with Crippen LogP contribution in [0.2, 0.25) is 0 Å². The Morgan fingerprint density at radius 2 is 1.96 bits per heavy atom. The first kappa shape index (κ1) is 22.8. The van der Waals surface area contributed by atoms with Gasteiger partial charge in [-0.2, -0.15) is 0 Å². The third-order valence-corrected chi connectivity index (χ3v) is 4.52. The fraction of sp³-hybridized carbons (Fsp3) is 0.889. The largest absolute Gasteiger partial charge is 0.378 e. The van der Waals surface area contributed by atoms with Gasteiger partial charge in [-0.3, -0.25) is 9.59 Å². The maximum absolute atomic E-state index is 12.3. The number of rotatable bonds is 14. The van der Waals surface area contributed by atoms with Crippen LogP contribution in [-0.4, -0.2) is 81.9 Å². The summed E-state index contributed by atoms with van der Waals surface area (Å²) >= 11 is 0. The van der Waals surface area contributed by atoms with Crippen molar-refractivity contribution in [3.63, 3.8) is 0 Å². The maximum atomic E-state index is 12.3. The van der Waals surface area contributed by atoms with Crippen LogP contribution in [-0.2, 0) is 19.1 Å². The molecule has 4 N–H and O–H groups in total. The van der Waals surface area contributed by atoms with Gasteiger partial charge < -0.3 is 30.7 Å². The highest BCUT2D eigenvalue weighted by atomic mass is 16.5. The Balaban J connectivity index is 1.96. The summed E-state index contributed by atoms with van der Waals surface area (Å²) in [6, 6.07) is -0.126. The molecule has 0 aromatic carbocycles. The molecule has 1 saturated heterocycles. The lowest BCUT2D eigenvalue weighted by Crippen LogP contribution is -2.45. The fourth-order valence-corrected chi connectivity index (χ4v) is 2.92. The molecule has 0 spiro atoms. The monoisotopic (exact) mass is 372 g/mol. The Labute approximate surface area is 157 Å². The van der Waals surface area contributed by atoms with E-state index in [0.717, 1.165) is 38.8 Å². The molecular formula is C18H36N4O4. The minimum Gasteiger partial charge on any atom is -0.378 e. The number of ether oxygens (including phenoxy) is 2. The Morgan fingerprint density at radius 1 is 1.19 bits per heavy atom. The normalized spacial score (nSPS) is 18.1. The molecular weight excluding hydrogens is 336 g/mol. The molecule has 152 valence electrons. The quantitative estimate of drug-likeness (QED) is 0.367. The second-order valence-corrected chi connectivity index (χ2v) is 6.74. The molecule has 1 fully saturated rings. The van der Waals surface area contributed by atoms with Gasteiger partial charge in [0.15, 0.2) is 0 Å². The summed E-state index contributed by atoms with van der Waals surface area (Å²) in [6.45, 7) is 5.83. The van der Waals surface area contributed by atoms with E-state index in [1.807, 2.05) is 11.9 Å². The summed E-state index contributed by atoms with van der Waals surface area (Å²) in [5, 5.41) is 5.79. The molecule has 2 atom stereocenters. The molecule has 26 heavy (non-hydrogen) atoms. The van der Waals surface area contributed by atoms with E-state index in [1.165, 1.54) is 0 Å². The van der Waals surface area contributed by atoms with Crippen LogP contribution in [0, 0.1) is 0 Å². The van der Waals surface area contributed by atoms with E-state index in [-0.39, 0.29) is 18.4 Å². The second kappa shape index (κ2) is 13.9. The topological polar surface area (TPSA) is 106 Å². The molecule has 2 amide bonds. The van der Waals surface area contributed by atoms with Gasteiger partial charge in [-0.15, -0.1) is 0 Å². The summed E-state index contributed by atoms with van der Waals surface area (Å²) in [6.07, 6.45) is 4.40. The van der Waals surface area contributed by atoms with Crippen molar-refractivity contribution in [3.8, 4) is 0 Å². The zero-order valence-corrected chi connectivity index (χ0v) is 16.3. The Hall–Kier alpha value is -1.22. The summed E-state index contributed by atoms with van der Waals surface area (Å²) in [5.74, 6) is -0.0733. The van der Waals surface area contributed by atoms with Gasteiger partial charge in [-0.25, -0.2) is 0 Å². The first-order valence-corrected chi connectivity index (χ1v) is 9.69. The molecule has 0 saturated carbocycles. The highest BCUT2D eigenvalue weighted by Crippen LogP contribution is 2.18. The molecule has 1 heterocycles. The lowest BCUT2D eigenvalue weighted by Gasteiger charge is -2.24. The summed E-state index contributed by atoms with van der Waals surface area (Å²) in [4.78, 5) is 25.8. The van der Waals surface area contributed by atoms with E-state index < -0.39 is 6.04 Å². The van der Waals surface area contributed by atoms with Gasteiger partial charge in [-0.1, -0.05) is 0 Å². The van der Waals surface area contributed by atoms with Crippen molar-refractivity contribution < 1.29 is 19.1 Å². The SMILES string of the molecule is CNCCOCCOCC(=O)NCCCC[C@H](N)C(=O)N1CCC[C@H]1C. The zero-order chi connectivity index (χ0) is 19.2. The number of hydrogen-bond acceptors (Lipinski definition) is 6. The van der Waals surface area contributed by atoms with E-state index in [2.05, 4.69) is 17.6 Å². The van der Waals surface area contributed by atoms with E-state index in [4.69, 9.17) is 15.2 Å². The van der Waals surface area contributed by atoms with Crippen molar-refractivity contribution in [1.29, 1.82) is 0 Å². The number of unbranched alkanes of at least 4 members (excludes halogenated alkanes) is 1. The Bertz CT molecular complexity index is 409. The molecule has 0 bridgehead atoms. The highest BCUT2D eigenvalue weighted by Gasteiger charge is 2.28. The van der Waals surface area contributed by atoms with Crippen LogP contribution in [0.4, 0.5) is 0 Å². The van der Waals surface area contributed by atoms with Crippen molar-refractivity contribution >= 4 is 11.8 Å². The van der Waals surface area contributed by atoms with Gasteiger partial charge in [0.1, 0.15) is 6.61 Å². The van der Waals surface area contributed by atoms with Crippen molar-refractivity contribution in [1.82, 2.24) is 15.5 Å². The van der Waals surface area contributed by atoms with E-state index >= 15 is 0 Å². The van der Waals surface area contributed by atoms with Crippen LogP contribution >= 0.6 is 0 Å². The number of hydrogen-bond donors (Lipinski definition) is 3. The van der Waals surface area contributed by atoms with Crippen molar-refractivity contribution in [3.05, 3.63) is 0 Å². The smallest absolute Gasteiger partial charge is 0.245 e. The van der Waals surface area contributed by atoms with E-state index in [0.29, 0.717) is 38.8 Å². The number of likely N-dealkylation sites (tertiary alicyclic amines) is 1. The van der Waals surface area contributed by atoms with Gasteiger partial charge in [-0.05, 0) is 46.1 Å². The molecule has 0 aromatic heterocycles. The van der Waals surface area contributed by atoms with Crippen LogP contribution in [0.25, 0.3) is 0 Å². The lowest BCUT2D eigenvalue weighted by atomic mass is 10.1. The van der Waals surface area contributed by atoms with Gasteiger partial charge in [0.05, 0.1) is 25.9 Å². The number of nitrogens with two attached hydrogens (primary N) is 1. The molecule has 8 heteroatoms. The van der Waals surface area contributed by atoms with Gasteiger partial charge in [0, 0.05) is 25.7 Å². The molecule has 0 unspecified atom stereocenters. The lowest BCUT2D eigenvalue weighted by molar-refractivity contribution is -0.133. The maximum Gasteiger partial charge on any atom is 0.245 e. The molecule has 8 nitrogen and oxygen atoms in total. The number of amides is 2. The number of carbonyl (C=O) groups is 2. The highest BCUT2D eigenvalue weighted by molar-refractivity contribution is 5.82. The van der Waals surface area contributed by atoms with Crippen LogP contribution in [0.1, 0.15) is 39.0 Å². The molecule has 1 rings (SSSR count). The van der Waals surface area contributed by atoms with Gasteiger partial charge in [0.25, 0.3) is 0 Å². The Kier molecular flexibility index (Phi) is 12.2. The molecule has 0 aromatic rings. The molecule has 1 aliphatic rings. The van der Waals surface area contributed by atoms with Crippen molar-refractivity contribution in [2.75, 3.05) is 53.1 Å². The first-order valence-electron chi connectivity index (χ1n) is 9.69. The summed E-state index contributed by atoms with van der Waals surface area (Å²) < 4.78 is 10.5. The van der Waals surface area contributed by atoms with Gasteiger partial charge in [0.2, 0.25) is 11.8 Å².